The molecule has 1 aliphatic rings. The SMILES string of the molecule is CCCN(CC(=O)O)C(=O)NC1CCN(C)C1=O. The third-order valence-electron chi connectivity index (χ3n) is 2.83. The first-order chi connectivity index (χ1) is 8.45. The Morgan fingerprint density at radius 2 is 2.22 bits per heavy atom. The average Bonchev–Trinajstić information content (AvgIpc) is 2.60. The van der Waals surface area contributed by atoms with Gasteiger partial charge in [-0.15, -0.1) is 0 Å². The predicted molar refractivity (Wildman–Crippen MR) is 64.1 cm³/mol. The van der Waals surface area contributed by atoms with E-state index >= 15 is 0 Å². The molecular formula is C11H19N3O4. The topological polar surface area (TPSA) is 89.9 Å². The minimum Gasteiger partial charge on any atom is -0.480 e. The van der Waals surface area contributed by atoms with Crippen LogP contribution >= 0.6 is 0 Å². The van der Waals surface area contributed by atoms with E-state index in [2.05, 4.69) is 5.32 Å². The van der Waals surface area contributed by atoms with Crippen molar-refractivity contribution in [1.29, 1.82) is 0 Å². The molecule has 7 heteroatoms. The molecule has 1 fully saturated rings. The minimum atomic E-state index is -1.06. The van der Waals surface area contributed by atoms with Gasteiger partial charge in [0.1, 0.15) is 12.6 Å². The van der Waals surface area contributed by atoms with Crippen LogP contribution in [-0.4, -0.2) is 65.5 Å². The number of carbonyl (C=O) groups excluding carboxylic acids is 2. The lowest BCUT2D eigenvalue weighted by atomic mass is 10.2. The first-order valence-electron chi connectivity index (χ1n) is 5.98. The van der Waals surface area contributed by atoms with Gasteiger partial charge in [-0.05, 0) is 12.8 Å². The van der Waals surface area contributed by atoms with Crippen molar-refractivity contribution in [2.24, 2.45) is 0 Å². The van der Waals surface area contributed by atoms with E-state index < -0.39 is 18.0 Å². The van der Waals surface area contributed by atoms with Gasteiger partial charge in [0, 0.05) is 20.1 Å². The summed E-state index contributed by atoms with van der Waals surface area (Å²) in [5, 5.41) is 11.3. The van der Waals surface area contributed by atoms with Crippen LogP contribution in [0.1, 0.15) is 19.8 Å². The van der Waals surface area contributed by atoms with E-state index in [0.29, 0.717) is 25.9 Å². The van der Waals surface area contributed by atoms with E-state index in [0.717, 1.165) is 0 Å². The molecule has 1 unspecified atom stereocenters. The number of amides is 3. The molecular weight excluding hydrogens is 238 g/mol. The van der Waals surface area contributed by atoms with Crippen LogP contribution in [0, 0.1) is 0 Å². The van der Waals surface area contributed by atoms with Crippen molar-refractivity contribution in [1.82, 2.24) is 15.1 Å². The molecule has 1 atom stereocenters. The summed E-state index contributed by atoms with van der Waals surface area (Å²) in [7, 11) is 1.68. The Balaban J connectivity index is 2.56. The Bertz CT molecular complexity index is 345. The highest BCUT2D eigenvalue weighted by Crippen LogP contribution is 2.09. The summed E-state index contributed by atoms with van der Waals surface area (Å²) in [6.45, 7) is 2.47. The summed E-state index contributed by atoms with van der Waals surface area (Å²) in [5.41, 5.74) is 0. The molecule has 3 amide bonds. The zero-order chi connectivity index (χ0) is 13.7. The van der Waals surface area contributed by atoms with Crippen molar-refractivity contribution in [2.45, 2.75) is 25.8 Å². The molecule has 18 heavy (non-hydrogen) atoms. The molecule has 0 aliphatic carbocycles. The first kappa shape index (κ1) is 14.3. The molecule has 7 nitrogen and oxygen atoms in total. The Morgan fingerprint density at radius 1 is 1.56 bits per heavy atom. The van der Waals surface area contributed by atoms with E-state index in [1.807, 2.05) is 6.92 Å². The van der Waals surface area contributed by atoms with Crippen LogP contribution in [-0.2, 0) is 9.59 Å². The highest BCUT2D eigenvalue weighted by molar-refractivity contribution is 5.89. The molecule has 0 saturated carbocycles. The number of carboxylic acid groups (broad SMARTS) is 1. The molecule has 1 saturated heterocycles. The van der Waals surface area contributed by atoms with Crippen LogP contribution in [0.4, 0.5) is 4.79 Å². The Kier molecular flexibility index (Phi) is 4.94. The lowest BCUT2D eigenvalue weighted by Crippen LogP contribution is -2.49. The molecule has 0 aromatic heterocycles. The van der Waals surface area contributed by atoms with Gasteiger partial charge in [0.25, 0.3) is 0 Å². The summed E-state index contributed by atoms with van der Waals surface area (Å²) in [5.74, 6) is -1.19. The van der Waals surface area contributed by atoms with Gasteiger partial charge in [-0.25, -0.2) is 4.79 Å². The maximum atomic E-state index is 11.9. The smallest absolute Gasteiger partial charge is 0.323 e. The zero-order valence-corrected chi connectivity index (χ0v) is 10.7. The van der Waals surface area contributed by atoms with E-state index in [-0.39, 0.29) is 12.5 Å². The van der Waals surface area contributed by atoms with Crippen molar-refractivity contribution in [3.8, 4) is 0 Å². The van der Waals surface area contributed by atoms with Crippen molar-refractivity contribution < 1.29 is 19.5 Å². The lowest BCUT2D eigenvalue weighted by molar-refractivity contribution is -0.137. The zero-order valence-electron chi connectivity index (χ0n) is 10.7. The monoisotopic (exact) mass is 257 g/mol. The van der Waals surface area contributed by atoms with Gasteiger partial charge in [-0.1, -0.05) is 6.92 Å². The fraction of sp³-hybridized carbons (Fsp3) is 0.727. The van der Waals surface area contributed by atoms with Gasteiger partial charge in [0.15, 0.2) is 0 Å². The summed E-state index contributed by atoms with van der Waals surface area (Å²) in [6, 6.07) is -1.02. The van der Waals surface area contributed by atoms with E-state index in [1.165, 1.54) is 4.90 Å². The standard InChI is InChI=1S/C11H19N3O4/c1-3-5-14(7-9(15)16)11(18)12-8-4-6-13(2)10(8)17/h8H,3-7H2,1-2H3,(H,12,18)(H,15,16). The lowest BCUT2D eigenvalue weighted by Gasteiger charge is -2.22. The number of likely N-dealkylation sites (N-methyl/N-ethyl adjacent to an activating group) is 1. The third-order valence-corrected chi connectivity index (χ3v) is 2.83. The van der Waals surface area contributed by atoms with Gasteiger partial charge in [0.2, 0.25) is 5.91 Å². The summed E-state index contributed by atoms with van der Waals surface area (Å²) >= 11 is 0. The number of rotatable bonds is 5. The second-order valence-electron chi connectivity index (χ2n) is 4.37. The van der Waals surface area contributed by atoms with E-state index in [9.17, 15) is 14.4 Å². The van der Waals surface area contributed by atoms with Gasteiger partial charge < -0.3 is 20.2 Å². The number of urea groups is 1. The molecule has 0 radical (unpaired) electrons. The number of aliphatic carboxylic acids is 1. The quantitative estimate of drug-likeness (QED) is 0.709. The van der Waals surface area contributed by atoms with E-state index in [1.54, 1.807) is 11.9 Å². The molecule has 102 valence electrons. The minimum absolute atomic E-state index is 0.130. The van der Waals surface area contributed by atoms with Gasteiger partial charge in [0.05, 0.1) is 0 Å². The van der Waals surface area contributed by atoms with Crippen molar-refractivity contribution in [2.75, 3.05) is 26.7 Å². The summed E-state index contributed by atoms with van der Waals surface area (Å²) in [6.07, 6.45) is 1.23. The summed E-state index contributed by atoms with van der Waals surface area (Å²) < 4.78 is 0. The van der Waals surface area contributed by atoms with Crippen LogP contribution < -0.4 is 5.32 Å². The number of carbonyl (C=O) groups is 3. The van der Waals surface area contributed by atoms with Crippen molar-refractivity contribution in [3.63, 3.8) is 0 Å². The molecule has 1 heterocycles. The number of likely N-dealkylation sites (tertiary alicyclic amines) is 1. The van der Waals surface area contributed by atoms with Crippen LogP contribution in [0.5, 0.6) is 0 Å². The van der Waals surface area contributed by atoms with Crippen LogP contribution in [0.3, 0.4) is 0 Å². The molecule has 0 spiro atoms. The van der Waals surface area contributed by atoms with Crippen molar-refractivity contribution in [3.05, 3.63) is 0 Å². The van der Waals surface area contributed by atoms with Gasteiger partial charge in [-0.3, -0.25) is 9.59 Å². The van der Waals surface area contributed by atoms with Crippen LogP contribution in [0.25, 0.3) is 0 Å². The van der Waals surface area contributed by atoms with Crippen LogP contribution in [0.2, 0.25) is 0 Å². The van der Waals surface area contributed by atoms with Gasteiger partial charge in [-0.2, -0.15) is 0 Å². The maximum absolute atomic E-state index is 11.9. The highest BCUT2D eigenvalue weighted by Gasteiger charge is 2.31. The maximum Gasteiger partial charge on any atom is 0.323 e. The van der Waals surface area contributed by atoms with E-state index in [4.69, 9.17) is 5.11 Å². The predicted octanol–water partition coefficient (Wildman–Crippen LogP) is -0.277. The number of nitrogens with zero attached hydrogens (tertiary/aromatic N) is 2. The number of nitrogens with one attached hydrogen (secondary N) is 1. The van der Waals surface area contributed by atoms with Gasteiger partial charge >= 0.3 is 12.0 Å². The second kappa shape index (κ2) is 6.23. The highest BCUT2D eigenvalue weighted by atomic mass is 16.4. The second-order valence-corrected chi connectivity index (χ2v) is 4.37. The molecule has 0 aromatic carbocycles. The Hall–Kier alpha value is -1.79. The average molecular weight is 257 g/mol. The molecule has 0 aromatic rings. The largest absolute Gasteiger partial charge is 0.480 e. The number of carboxylic acids is 1. The Labute approximate surface area is 106 Å². The first-order valence-corrected chi connectivity index (χ1v) is 5.98. The third kappa shape index (κ3) is 3.61. The van der Waals surface area contributed by atoms with Crippen molar-refractivity contribution >= 4 is 17.9 Å². The number of hydrogen-bond acceptors (Lipinski definition) is 3. The molecule has 1 rings (SSSR count). The Morgan fingerprint density at radius 3 is 2.67 bits per heavy atom. The number of hydrogen-bond donors (Lipinski definition) is 2. The molecule has 1 aliphatic heterocycles. The molecule has 0 bridgehead atoms. The van der Waals surface area contributed by atoms with Crippen LogP contribution in [0.15, 0.2) is 0 Å². The summed E-state index contributed by atoms with van der Waals surface area (Å²) in [4.78, 5) is 36.9. The fourth-order valence-electron chi connectivity index (χ4n) is 1.88. The normalized spacial score (nSPS) is 18.9. The molecule has 2 N–H and O–H groups in total. The fourth-order valence-corrected chi connectivity index (χ4v) is 1.88.